The zero-order valence-corrected chi connectivity index (χ0v) is 13.6. The number of amides is 2. The molecule has 0 fully saturated rings. The minimum Gasteiger partial charge on any atom is -0.489 e. The van der Waals surface area contributed by atoms with Gasteiger partial charge in [-0.2, -0.15) is 5.26 Å². The zero-order chi connectivity index (χ0) is 16.4. The summed E-state index contributed by atoms with van der Waals surface area (Å²) >= 11 is 0. The number of anilines is 1. The van der Waals surface area contributed by atoms with Crippen LogP contribution in [0.25, 0.3) is 0 Å². The number of carbonyl (C=O) groups excluding carboxylic acids is 1. The maximum absolute atomic E-state index is 11.9. The lowest BCUT2D eigenvalue weighted by molar-refractivity contribution is 0.241. The first-order chi connectivity index (χ1) is 10.6. The SMILES string of the molecule is CCCCCCNC(=O)Nc1cc(C#N)ccc1OC(C)C. The molecule has 22 heavy (non-hydrogen) atoms. The lowest BCUT2D eigenvalue weighted by Gasteiger charge is -2.15. The van der Waals surface area contributed by atoms with Crippen LogP contribution in [-0.4, -0.2) is 18.7 Å². The van der Waals surface area contributed by atoms with Gasteiger partial charge in [-0.05, 0) is 38.5 Å². The number of ether oxygens (including phenoxy) is 1. The van der Waals surface area contributed by atoms with Crippen LogP contribution in [-0.2, 0) is 0 Å². The quantitative estimate of drug-likeness (QED) is 0.711. The number of unbranched alkanes of at least 4 members (excludes halogenated alkanes) is 3. The van der Waals surface area contributed by atoms with Gasteiger partial charge >= 0.3 is 6.03 Å². The molecule has 0 unspecified atom stereocenters. The Hall–Kier alpha value is -2.22. The van der Waals surface area contributed by atoms with E-state index in [2.05, 4.69) is 23.6 Å². The predicted octanol–water partition coefficient (Wildman–Crippen LogP) is 4.05. The Bertz CT molecular complexity index is 521. The third kappa shape index (κ3) is 6.49. The molecule has 0 aliphatic carbocycles. The largest absolute Gasteiger partial charge is 0.489 e. The second kappa shape index (κ2) is 9.67. The van der Waals surface area contributed by atoms with Crippen molar-refractivity contribution in [1.82, 2.24) is 5.32 Å². The van der Waals surface area contributed by atoms with Crippen LogP contribution in [0.3, 0.4) is 0 Å². The average Bonchev–Trinajstić information content (AvgIpc) is 2.48. The molecule has 0 aliphatic rings. The summed E-state index contributed by atoms with van der Waals surface area (Å²) in [5.74, 6) is 0.565. The molecule has 5 nitrogen and oxygen atoms in total. The summed E-state index contributed by atoms with van der Waals surface area (Å²) in [5.41, 5.74) is 0.994. The molecule has 1 aromatic carbocycles. The van der Waals surface area contributed by atoms with Crippen LogP contribution >= 0.6 is 0 Å². The average molecular weight is 303 g/mol. The first kappa shape index (κ1) is 17.8. The van der Waals surface area contributed by atoms with Crippen molar-refractivity contribution in [2.75, 3.05) is 11.9 Å². The van der Waals surface area contributed by atoms with Gasteiger partial charge < -0.3 is 15.4 Å². The van der Waals surface area contributed by atoms with Gasteiger partial charge in [0.15, 0.2) is 0 Å². The molecule has 0 aromatic heterocycles. The van der Waals surface area contributed by atoms with E-state index >= 15 is 0 Å². The summed E-state index contributed by atoms with van der Waals surface area (Å²) in [6.07, 6.45) is 4.42. The van der Waals surface area contributed by atoms with E-state index in [0.29, 0.717) is 23.5 Å². The molecule has 0 aliphatic heterocycles. The Balaban J connectivity index is 2.61. The van der Waals surface area contributed by atoms with Gasteiger partial charge in [0, 0.05) is 6.54 Å². The van der Waals surface area contributed by atoms with Crippen molar-refractivity contribution >= 4 is 11.7 Å². The maximum Gasteiger partial charge on any atom is 0.319 e. The van der Waals surface area contributed by atoms with Gasteiger partial charge in [-0.3, -0.25) is 0 Å². The van der Waals surface area contributed by atoms with Crippen LogP contribution in [0.2, 0.25) is 0 Å². The van der Waals surface area contributed by atoms with Gasteiger partial charge in [0.1, 0.15) is 5.75 Å². The van der Waals surface area contributed by atoms with Crippen molar-refractivity contribution < 1.29 is 9.53 Å². The van der Waals surface area contributed by atoms with Crippen LogP contribution in [0.1, 0.15) is 52.0 Å². The van der Waals surface area contributed by atoms with E-state index in [1.165, 1.54) is 12.8 Å². The number of nitrogens with zero attached hydrogens (tertiary/aromatic N) is 1. The third-order valence-electron chi connectivity index (χ3n) is 3.04. The van der Waals surface area contributed by atoms with Crippen molar-refractivity contribution in [3.05, 3.63) is 23.8 Å². The van der Waals surface area contributed by atoms with E-state index in [0.717, 1.165) is 12.8 Å². The number of rotatable bonds is 8. The van der Waals surface area contributed by atoms with Crippen molar-refractivity contribution in [2.45, 2.75) is 52.6 Å². The first-order valence-corrected chi connectivity index (χ1v) is 7.82. The highest BCUT2D eigenvalue weighted by atomic mass is 16.5. The zero-order valence-electron chi connectivity index (χ0n) is 13.6. The number of nitrogens with one attached hydrogen (secondary N) is 2. The highest BCUT2D eigenvalue weighted by molar-refractivity contribution is 5.91. The second-order valence-corrected chi connectivity index (χ2v) is 5.43. The van der Waals surface area contributed by atoms with E-state index < -0.39 is 0 Å². The third-order valence-corrected chi connectivity index (χ3v) is 3.04. The Labute approximate surface area is 132 Å². The number of benzene rings is 1. The van der Waals surface area contributed by atoms with E-state index in [1.54, 1.807) is 18.2 Å². The van der Waals surface area contributed by atoms with E-state index in [4.69, 9.17) is 10.00 Å². The molecule has 0 bridgehead atoms. The fourth-order valence-corrected chi connectivity index (χ4v) is 1.97. The van der Waals surface area contributed by atoms with Gasteiger partial charge in [-0.25, -0.2) is 4.79 Å². The number of nitriles is 1. The number of hydrogen-bond donors (Lipinski definition) is 2. The normalized spacial score (nSPS) is 10.1. The summed E-state index contributed by atoms with van der Waals surface area (Å²) in [6.45, 7) is 6.62. The van der Waals surface area contributed by atoms with Gasteiger partial charge in [-0.15, -0.1) is 0 Å². The summed E-state index contributed by atoms with van der Waals surface area (Å²) < 4.78 is 5.65. The van der Waals surface area contributed by atoms with Crippen molar-refractivity contribution in [2.24, 2.45) is 0 Å². The van der Waals surface area contributed by atoms with E-state index in [1.807, 2.05) is 13.8 Å². The lowest BCUT2D eigenvalue weighted by Crippen LogP contribution is -2.29. The lowest BCUT2D eigenvalue weighted by atomic mass is 10.2. The van der Waals surface area contributed by atoms with Crippen LogP contribution in [0.4, 0.5) is 10.5 Å². The fourth-order valence-electron chi connectivity index (χ4n) is 1.97. The molecule has 0 heterocycles. The van der Waals surface area contributed by atoms with E-state index in [-0.39, 0.29) is 12.1 Å². The number of hydrogen-bond acceptors (Lipinski definition) is 3. The van der Waals surface area contributed by atoms with Gasteiger partial charge in [0.05, 0.1) is 23.4 Å². The molecule has 0 saturated heterocycles. The first-order valence-electron chi connectivity index (χ1n) is 7.82. The maximum atomic E-state index is 11.9. The molecule has 1 aromatic rings. The predicted molar refractivity (Wildman–Crippen MR) is 88.1 cm³/mol. The van der Waals surface area contributed by atoms with Crippen LogP contribution in [0.5, 0.6) is 5.75 Å². The molecule has 2 N–H and O–H groups in total. The second-order valence-electron chi connectivity index (χ2n) is 5.43. The Morgan fingerprint density at radius 3 is 2.73 bits per heavy atom. The number of carbonyl (C=O) groups is 1. The molecule has 2 amide bonds. The smallest absolute Gasteiger partial charge is 0.319 e. The van der Waals surface area contributed by atoms with Crippen molar-refractivity contribution in [3.63, 3.8) is 0 Å². The molecule has 0 radical (unpaired) electrons. The van der Waals surface area contributed by atoms with Crippen LogP contribution in [0.15, 0.2) is 18.2 Å². The van der Waals surface area contributed by atoms with Gasteiger partial charge in [0.2, 0.25) is 0 Å². The fraction of sp³-hybridized carbons (Fsp3) is 0.529. The standard InChI is InChI=1S/C17H25N3O2/c1-4-5-6-7-10-19-17(21)20-15-11-14(12-18)8-9-16(15)22-13(2)3/h8-9,11,13H,4-7,10H2,1-3H3,(H2,19,20,21). The summed E-state index contributed by atoms with van der Waals surface area (Å²) in [7, 11) is 0. The van der Waals surface area contributed by atoms with E-state index in [9.17, 15) is 4.79 Å². The van der Waals surface area contributed by atoms with Crippen molar-refractivity contribution in [3.8, 4) is 11.8 Å². The van der Waals surface area contributed by atoms with Crippen LogP contribution in [0, 0.1) is 11.3 Å². The Kier molecular flexibility index (Phi) is 7.84. The van der Waals surface area contributed by atoms with Gasteiger partial charge in [-0.1, -0.05) is 26.2 Å². The topological polar surface area (TPSA) is 74.2 Å². The van der Waals surface area contributed by atoms with Crippen LogP contribution < -0.4 is 15.4 Å². The highest BCUT2D eigenvalue weighted by Gasteiger charge is 2.10. The molecule has 1 rings (SSSR count). The molecule has 0 spiro atoms. The number of urea groups is 1. The minimum atomic E-state index is -0.278. The van der Waals surface area contributed by atoms with Crippen molar-refractivity contribution in [1.29, 1.82) is 5.26 Å². The molecule has 0 saturated carbocycles. The van der Waals surface area contributed by atoms with Gasteiger partial charge in [0.25, 0.3) is 0 Å². The Morgan fingerprint density at radius 2 is 2.09 bits per heavy atom. The highest BCUT2D eigenvalue weighted by Crippen LogP contribution is 2.26. The monoisotopic (exact) mass is 303 g/mol. The summed E-state index contributed by atoms with van der Waals surface area (Å²) in [6, 6.07) is 6.78. The summed E-state index contributed by atoms with van der Waals surface area (Å²) in [4.78, 5) is 11.9. The summed E-state index contributed by atoms with van der Waals surface area (Å²) in [5, 5.41) is 14.5. The molecule has 5 heteroatoms. The Morgan fingerprint density at radius 1 is 1.32 bits per heavy atom. The molecular weight excluding hydrogens is 278 g/mol. The molecule has 0 atom stereocenters. The minimum absolute atomic E-state index is 0.00871. The molecular formula is C17H25N3O2. The molecule has 120 valence electrons.